The average Bonchev–Trinajstić information content (AvgIpc) is 3.24. The molecule has 3 aromatic carbocycles. The van der Waals surface area contributed by atoms with Crippen molar-refractivity contribution in [2.75, 3.05) is 38.2 Å². The van der Waals surface area contributed by atoms with Crippen LogP contribution in [0.2, 0.25) is 0 Å². The molecule has 4 aromatic rings. The minimum Gasteiger partial charge on any atom is -0.497 e. The number of aromatic nitrogens is 1. The molecule has 0 bridgehead atoms. The first-order valence-electron chi connectivity index (χ1n) is 10.4. The molecule has 0 N–H and O–H groups in total. The van der Waals surface area contributed by atoms with Crippen LogP contribution in [0.1, 0.15) is 17.2 Å². The highest BCUT2D eigenvalue weighted by Crippen LogP contribution is 2.34. The van der Waals surface area contributed by atoms with Gasteiger partial charge in [-0.05, 0) is 29.3 Å². The van der Waals surface area contributed by atoms with Gasteiger partial charge in [-0.1, -0.05) is 72.0 Å². The minimum absolute atomic E-state index is 0.286. The van der Waals surface area contributed by atoms with E-state index in [1.54, 1.807) is 18.4 Å². The fraction of sp³-hybridized carbons (Fsp3) is 0.240. The molecular weight excluding hydrogens is 390 g/mol. The molecule has 1 saturated heterocycles. The van der Waals surface area contributed by atoms with E-state index in [2.05, 4.69) is 76.5 Å². The van der Waals surface area contributed by atoms with Gasteiger partial charge in [-0.25, -0.2) is 4.98 Å². The Morgan fingerprint density at radius 1 is 0.833 bits per heavy atom. The fourth-order valence-corrected chi connectivity index (χ4v) is 5.26. The molecule has 1 aromatic heterocycles. The number of fused-ring (bicyclic) bond motifs is 1. The molecular formula is C25H25N3OS. The zero-order valence-corrected chi connectivity index (χ0v) is 17.9. The molecule has 0 spiro atoms. The van der Waals surface area contributed by atoms with Gasteiger partial charge >= 0.3 is 0 Å². The molecule has 5 rings (SSSR count). The summed E-state index contributed by atoms with van der Waals surface area (Å²) in [6, 6.07) is 28.1. The number of nitrogens with zero attached hydrogens (tertiary/aromatic N) is 3. The Kier molecular flexibility index (Phi) is 5.39. The van der Waals surface area contributed by atoms with E-state index in [4.69, 9.17) is 9.72 Å². The van der Waals surface area contributed by atoms with Crippen molar-refractivity contribution < 1.29 is 4.74 Å². The van der Waals surface area contributed by atoms with Crippen molar-refractivity contribution in [3.05, 3.63) is 90.0 Å². The summed E-state index contributed by atoms with van der Waals surface area (Å²) in [7, 11) is 1.71. The standard InChI is InChI=1S/C25H25N3OS/c1-29-21-12-13-22-23(18-21)30-25(26-22)28-16-14-27(15-17-28)24(19-8-4-2-5-9-19)20-10-6-3-7-11-20/h2-13,18,24H,14-17H2,1H3. The normalized spacial score (nSPS) is 15.1. The third-order valence-electron chi connectivity index (χ3n) is 5.76. The lowest BCUT2D eigenvalue weighted by atomic mass is 9.96. The molecule has 1 aliphatic rings. The second kappa shape index (κ2) is 8.46. The van der Waals surface area contributed by atoms with Crippen LogP contribution in [0, 0.1) is 0 Å². The number of thiazole rings is 1. The van der Waals surface area contributed by atoms with Crippen molar-refractivity contribution in [3.63, 3.8) is 0 Å². The molecule has 5 heteroatoms. The van der Waals surface area contributed by atoms with Crippen molar-refractivity contribution in [1.82, 2.24) is 9.88 Å². The molecule has 0 atom stereocenters. The summed E-state index contributed by atoms with van der Waals surface area (Å²) in [5.74, 6) is 0.885. The van der Waals surface area contributed by atoms with Crippen molar-refractivity contribution >= 4 is 26.7 Å². The summed E-state index contributed by atoms with van der Waals surface area (Å²) >= 11 is 1.75. The van der Waals surface area contributed by atoms with Crippen LogP contribution >= 0.6 is 11.3 Å². The van der Waals surface area contributed by atoms with Gasteiger partial charge in [0.1, 0.15) is 5.75 Å². The van der Waals surface area contributed by atoms with E-state index >= 15 is 0 Å². The monoisotopic (exact) mass is 415 g/mol. The Hall–Kier alpha value is -2.89. The Morgan fingerprint density at radius 3 is 2.07 bits per heavy atom. The van der Waals surface area contributed by atoms with Crippen molar-refractivity contribution in [2.24, 2.45) is 0 Å². The number of methoxy groups -OCH3 is 1. The van der Waals surface area contributed by atoms with Crippen molar-refractivity contribution in [3.8, 4) is 5.75 Å². The first-order valence-corrected chi connectivity index (χ1v) is 11.2. The summed E-state index contributed by atoms with van der Waals surface area (Å²) in [5, 5.41) is 1.11. The molecule has 0 unspecified atom stereocenters. The lowest BCUT2D eigenvalue weighted by molar-refractivity contribution is 0.212. The minimum atomic E-state index is 0.286. The molecule has 0 saturated carbocycles. The maximum absolute atomic E-state index is 5.36. The Morgan fingerprint density at radius 2 is 1.47 bits per heavy atom. The van der Waals surface area contributed by atoms with Gasteiger partial charge in [0.25, 0.3) is 0 Å². The Bertz CT molecular complexity index is 1070. The molecule has 152 valence electrons. The highest BCUT2D eigenvalue weighted by molar-refractivity contribution is 7.22. The zero-order chi connectivity index (χ0) is 20.3. The predicted octanol–water partition coefficient (Wildman–Crippen LogP) is 5.22. The maximum atomic E-state index is 5.36. The number of ether oxygens (including phenoxy) is 1. The van der Waals surface area contributed by atoms with Crippen LogP contribution in [0.15, 0.2) is 78.9 Å². The van der Waals surface area contributed by atoms with E-state index in [-0.39, 0.29) is 6.04 Å². The van der Waals surface area contributed by atoms with Crippen LogP contribution in [0.4, 0.5) is 5.13 Å². The molecule has 4 nitrogen and oxygen atoms in total. The van der Waals surface area contributed by atoms with E-state index in [1.807, 2.05) is 12.1 Å². The van der Waals surface area contributed by atoms with Gasteiger partial charge in [0.05, 0.1) is 23.4 Å². The molecule has 1 aliphatic heterocycles. The van der Waals surface area contributed by atoms with Gasteiger partial charge in [-0.3, -0.25) is 4.90 Å². The summed E-state index contributed by atoms with van der Waals surface area (Å²) in [6.07, 6.45) is 0. The number of hydrogen-bond donors (Lipinski definition) is 0. The number of anilines is 1. The quantitative estimate of drug-likeness (QED) is 0.447. The van der Waals surface area contributed by atoms with Gasteiger partial charge < -0.3 is 9.64 Å². The number of hydrogen-bond acceptors (Lipinski definition) is 5. The van der Waals surface area contributed by atoms with Crippen LogP contribution in [0.3, 0.4) is 0 Å². The van der Waals surface area contributed by atoms with Crippen LogP contribution in [-0.2, 0) is 0 Å². The van der Waals surface area contributed by atoms with E-state index < -0.39 is 0 Å². The predicted molar refractivity (Wildman–Crippen MR) is 125 cm³/mol. The van der Waals surface area contributed by atoms with Gasteiger partial charge in [0.15, 0.2) is 5.13 Å². The van der Waals surface area contributed by atoms with Gasteiger partial charge in [0.2, 0.25) is 0 Å². The van der Waals surface area contributed by atoms with Gasteiger partial charge in [0, 0.05) is 26.2 Å². The summed E-state index contributed by atoms with van der Waals surface area (Å²) in [5.41, 5.74) is 3.75. The lowest BCUT2D eigenvalue weighted by Gasteiger charge is -2.39. The molecule has 1 fully saturated rings. The van der Waals surface area contributed by atoms with Crippen LogP contribution < -0.4 is 9.64 Å². The van der Waals surface area contributed by atoms with Crippen LogP contribution in [-0.4, -0.2) is 43.2 Å². The summed E-state index contributed by atoms with van der Waals surface area (Å²) in [6.45, 7) is 3.97. The summed E-state index contributed by atoms with van der Waals surface area (Å²) in [4.78, 5) is 9.88. The Labute approximate surface area is 181 Å². The molecule has 0 aliphatic carbocycles. The molecule has 30 heavy (non-hydrogen) atoms. The largest absolute Gasteiger partial charge is 0.497 e. The maximum Gasteiger partial charge on any atom is 0.186 e. The molecule has 0 radical (unpaired) electrons. The highest BCUT2D eigenvalue weighted by atomic mass is 32.1. The highest BCUT2D eigenvalue weighted by Gasteiger charge is 2.27. The van der Waals surface area contributed by atoms with Crippen molar-refractivity contribution in [2.45, 2.75) is 6.04 Å². The second-order valence-electron chi connectivity index (χ2n) is 7.58. The Balaban J connectivity index is 1.36. The number of benzene rings is 3. The third-order valence-corrected chi connectivity index (χ3v) is 6.84. The van der Waals surface area contributed by atoms with Crippen LogP contribution in [0.25, 0.3) is 10.2 Å². The number of piperazine rings is 1. The SMILES string of the molecule is COc1ccc2nc(N3CCN(C(c4ccccc4)c4ccccc4)CC3)sc2c1. The topological polar surface area (TPSA) is 28.6 Å². The summed E-state index contributed by atoms with van der Waals surface area (Å²) < 4.78 is 6.54. The van der Waals surface area contributed by atoms with Crippen LogP contribution in [0.5, 0.6) is 5.75 Å². The zero-order valence-electron chi connectivity index (χ0n) is 17.1. The average molecular weight is 416 g/mol. The smallest absolute Gasteiger partial charge is 0.186 e. The number of rotatable bonds is 5. The van der Waals surface area contributed by atoms with Gasteiger partial charge in [-0.15, -0.1) is 0 Å². The fourth-order valence-electron chi connectivity index (χ4n) is 4.21. The van der Waals surface area contributed by atoms with E-state index in [0.29, 0.717) is 0 Å². The molecule has 0 amide bonds. The third kappa shape index (κ3) is 3.78. The van der Waals surface area contributed by atoms with E-state index in [0.717, 1.165) is 42.6 Å². The van der Waals surface area contributed by atoms with Crippen molar-refractivity contribution in [1.29, 1.82) is 0 Å². The molecule has 2 heterocycles. The first kappa shape index (κ1) is 19.1. The van der Waals surface area contributed by atoms with E-state index in [1.165, 1.54) is 15.8 Å². The first-order chi connectivity index (χ1) is 14.8. The second-order valence-corrected chi connectivity index (χ2v) is 8.59. The lowest BCUT2D eigenvalue weighted by Crippen LogP contribution is -2.47. The van der Waals surface area contributed by atoms with E-state index in [9.17, 15) is 0 Å². The van der Waals surface area contributed by atoms with Gasteiger partial charge in [-0.2, -0.15) is 0 Å².